The second kappa shape index (κ2) is 6.68. The number of anilines is 1. The van der Waals surface area contributed by atoms with Crippen LogP contribution in [-0.4, -0.2) is 15.9 Å². The van der Waals surface area contributed by atoms with E-state index in [0.717, 1.165) is 5.56 Å². The number of hydrogen-bond acceptors (Lipinski definition) is 3. The van der Waals surface area contributed by atoms with E-state index in [2.05, 4.69) is 15.3 Å². The number of halogens is 1. The molecule has 0 aliphatic rings. The third-order valence-corrected chi connectivity index (χ3v) is 3.74. The maximum atomic E-state index is 12.3. The van der Waals surface area contributed by atoms with Crippen LogP contribution in [0.3, 0.4) is 0 Å². The van der Waals surface area contributed by atoms with Gasteiger partial charge in [0.1, 0.15) is 11.5 Å². The summed E-state index contributed by atoms with van der Waals surface area (Å²) in [4.78, 5) is 31.6. The highest BCUT2D eigenvalue weighted by Crippen LogP contribution is 2.19. The lowest BCUT2D eigenvalue weighted by Crippen LogP contribution is -2.22. The Morgan fingerprint density at radius 1 is 1.08 bits per heavy atom. The van der Waals surface area contributed by atoms with E-state index >= 15 is 0 Å². The van der Waals surface area contributed by atoms with E-state index in [1.807, 2.05) is 6.07 Å². The quantitative estimate of drug-likeness (QED) is 0.764. The molecule has 24 heavy (non-hydrogen) atoms. The molecule has 0 spiro atoms. The summed E-state index contributed by atoms with van der Waals surface area (Å²) in [6, 6.07) is 15.7. The fourth-order valence-corrected chi connectivity index (χ4v) is 2.38. The molecule has 2 N–H and O–H groups in total. The third kappa shape index (κ3) is 3.36. The van der Waals surface area contributed by atoms with Gasteiger partial charge in [-0.25, -0.2) is 4.98 Å². The normalized spacial score (nSPS) is 10.4. The zero-order valence-corrected chi connectivity index (χ0v) is 13.6. The first kappa shape index (κ1) is 16.0. The van der Waals surface area contributed by atoms with Crippen LogP contribution in [0.5, 0.6) is 0 Å². The smallest absolute Gasteiger partial charge is 0.275 e. The van der Waals surface area contributed by atoms with Crippen molar-refractivity contribution >= 4 is 23.2 Å². The van der Waals surface area contributed by atoms with Crippen molar-refractivity contribution in [1.82, 2.24) is 9.97 Å². The van der Waals surface area contributed by atoms with Crippen molar-refractivity contribution in [2.24, 2.45) is 0 Å². The molecule has 0 aliphatic heterocycles. The second-order valence-corrected chi connectivity index (χ2v) is 5.64. The number of hydrogen-bond donors (Lipinski definition) is 2. The molecule has 0 unspecified atom stereocenters. The zero-order chi connectivity index (χ0) is 17.1. The van der Waals surface area contributed by atoms with Crippen molar-refractivity contribution < 1.29 is 4.79 Å². The van der Waals surface area contributed by atoms with Gasteiger partial charge >= 0.3 is 0 Å². The molecule has 0 fully saturated rings. The summed E-state index contributed by atoms with van der Waals surface area (Å²) in [5.74, 6) is 0.0668. The van der Waals surface area contributed by atoms with Crippen LogP contribution in [0.4, 0.5) is 5.69 Å². The van der Waals surface area contributed by atoms with Crippen LogP contribution >= 0.6 is 11.6 Å². The largest absolute Gasteiger partial charge is 0.316 e. The maximum absolute atomic E-state index is 12.3. The van der Waals surface area contributed by atoms with Crippen LogP contribution < -0.4 is 10.9 Å². The molecule has 0 saturated carbocycles. The van der Waals surface area contributed by atoms with Crippen molar-refractivity contribution in [3.05, 3.63) is 81.2 Å². The fraction of sp³-hybridized carbons (Fsp3) is 0.0556. The lowest BCUT2D eigenvalue weighted by molar-refractivity contribution is 0.102. The van der Waals surface area contributed by atoms with Crippen molar-refractivity contribution in [3.8, 4) is 11.4 Å². The highest BCUT2D eigenvalue weighted by Gasteiger charge is 2.13. The van der Waals surface area contributed by atoms with Crippen molar-refractivity contribution in [2.45, 2.75) is 6.92 Å². The Morgan fingerprint density at radius 2 is 1.75 bits per heavy atom. The van der Waals surface area contributed by atoms with E-state index in [1.165, 1.54) is 0 Å². The highest BCUT2D eigenvalue weighted by molar-refractivity contribution is 6.30. The van der Waals surface area contributed by atoms with E-state index in [1.54, 1.807) is 55.5 Å². The molecule has 5 nitrogen and oxygen atoms in total. The average molecular weight is 340 g/mol. The molecule has 0 bridgehead atoms. The lowest BCUT2D eigenvalue weighted by atomic mass is 10.2. The second-order valence-electron chi connectivity index (χ2n) is 5.20. The average Bonchev–Trinajstić information content (AvgIpc) is 2.59. The van der Waals surface area contributed by atoms with Gasteiger partial charge in [0.25, 0.3) is 11.5 Å². The van der Waals surface area contributed by atoms with Gasteiger partial charge in [0.2, 0.25) is 0 Å². The van der Waals surface area contributed by atoms with Crippen LogP contribution in [0.1, 0.15) is 16.1 Å². The van der Waals surface area contributed by atoms with Gasteiger partial charge < -0.3 is 10.3 Å². The van der Waals surface area contributed by atoms with Crippen molar-refractivity contribution in [2.75, 3.05) is 5.32 Å². The molecule has 0 radical (unpaired) electrons. The molecule has 3 rings (SSSR count). The maximum Gasteiger partial charge on any atom is 0.275 e. The van der Waals surface area contributed by atoms with Gasteiger partial charge in [-0.15, -0.1) is 0 Å². The summed E-state index contributed by atoms with van der Waals surface area (Å²) in [5.41, 5.74) is 1.38. The molecule has 0 atom stereocenters. The molecule has 120 valence electrons. The minimum Gasteiger partial charge on any atom is -0.316 e. The molecule has 1 aromatic heterocycles. The number of aryl methyl sites for hydroxylation is 1. The van der Waals surface area contributed by atoms with Gasteiger partial charge in [0.15, 0.2) is 0 Å². The third-order valence-electron chi connectivity index (χ3n) is 3.49. The van der Waals surface area contributed by atoms with Crippen LogP contribution in [0.25, 0.3) is 11.4 Å². The number of nitrogens with zero attached hydrogens (tertiary/aromatic N) is 1. The van der Waals surface area contributed by atoms with E-state index in [4.69, 9.17) is 11.6 Å². The molecule has 1 amide bonds. The van der Waals surface area contributed by atoms with Crippen LogP contribution in [-0.2, 0) is 0 Å². The summed E-state index contributed by atoms with van der Waals surface area (Å²) in [7, 11) is 0. The van der Waals surface area contributed by atoms with Crippen LogP contribution in [0.2, 0.25) is 5.02 Å². The topological polar surface area (TPSA) is 74.8 Å². The Morgan fingerprint density at radius 3 is 2.38 bits per heavy atom. The van der Waals surface area contributed by atoms with Gasteiger partial charge in [-0.05, 0) is 43.3 Å². The number of carbonyl (C=O) groups is 1. The first-order valence-electron chi connectivity index (χ1n) is 7.28. The number of H-pyrrole nitrogens is 1. The summed E-state index contributed by atoms with van der Waals surface area (Å²) >= 11 is 5.86. The number of amides is 1. The number of carbonyl (C=O) groups excluding carboxylic acids is 1. The highest BCUT2D eigenvalue weighted by atomic mass is 35.5. The minimum atomic E-state index is -0.406. The molecule has 1 heterocycles. The number of nitrogens with one attached hydrogen (secondary N) is 2. The minimum absolute atomic E-state index is 0.140. The molecular formula is C18H14ClN3O2. The van der Waals surface area contributed by atoms with E-state index in [9.17, 15) is 9.59 Å². The van der Waals surface area contributed by atoms with Crippen molar-refractivity contribution in [1.29, 1.82) is 0 Å². The summed E-state index contributed by atoms with van der Waals surface area (Å²) < 4.78 is 0. The predicted octanol–water partition coefficient (Wildman–Crippen LogP) is 3.65. The van der Waals surface area contributed by atoms with E-state index in [0.29, 0.717) is 22.1 Å². The Bertz CT molecular complexity index is 935. The molecular weight excluding hydrogens is 326 g/mol. The first-order valence-corrected chi connectivity index (χ1v) is 7.65. The number of benzene rings is 2. The van der Waals surface area contributed by atoms with Gasteiger partial charge in [0, 0.05) is 16.1 Å². The molecule has 0 saturated heterocycles. The fourth-order valence-electron chi connectivity index (χ4n) is 2.25. The van der Waals surface area contributed by atoms with Crippen LogP contribution in [0, 0.1) is 6.92 Å². The van der Waals surface area contributed by atoms with Gasteiger partial charge in [-0.3, -0.25) is 9.59 Å². The Labute approximate surface area is 143 Å². The number of aromatic nitrogens is 2. The Balaban J connectivity index is 1.92. The standard InChI is InChI=1S/C18H14ClN3O2/c1-11-15(21-17(23)13-5-3-2-4-6-13)18(24)22-16(20-11)12-7-9-14(19)10-8-12/h2-10H,1H3,(H,21,23)(H,20,22,24). The van der Waals surface area contributed by atoms with Gasteiger partial charge in [-0.1, -0.05) is 29.8 Å². The summed E-state index contributed by atoms with van der Waals surface area (Å²) in [6.45, 7) is 1.68. The lowest BCUT2D eigenvalue weighted by Gasteiger charge is -2.09. The molecule has 6 heteroatoms. The Hall–Kier alpha value is -2.92. The predicted molar refractivity (Wildman–Crippen MR) is 94.4 cm³/mol. The number of aromatic amines is 1. The summed E-state index contributed by atoms with van der Waals surface area (Å²) in [5, 5.41) is 3.22. The monoisotopic (exact) mass is 339 g/mol. The first-order chi connectivity index (χ1) is 11.5. The number of rotatable bonds is 3. The molecule has 2 aromatic carbocycles. The van der Waals surface area contributed by atoms with Crippen LogP contribution in [0.15, 0.2) is 59.4 Å². The molecule has 3 aromatic rings. The van der Waals surface area contributed by atoms with Gasteiger partial charge in [0.05, 0.1) is 5.69 Å². The zero-order valence-electron chi connectivity index (χ0n) is 12.8. The SMILES string of the molecule is Cc1nc(-c2ccc(Cl)cc2)[nH]c(=O)c1NC(=O)c1ccccc1. The summed E-state index contributed by atoms with van der Waals surface area (Å²) in [6.07, 6.45) is 0. The van der Waals surface area contributed by atoms with Crippen molar-refractivity contribution in [3.63, 3.8) is 0 Å². The molecule has 0 aliphatic carbocycles. The Kier molecular flexibility index (Phi) is 4.44. The van der Waals surface area contributed by atoms with Gasteiger partial charge in [-0.2, -0.15) is 0 Å². The van der Waals surface area contributed by atoms with E-state index in [-0.39, 0.29) is 11.6 Å². The van der Waals surface area contributed by atoms with E-state index < -0.39 is 5.56 Å².